The molecule has 2 heterocycles. The number of aromatic hydroxyl groups is 1. The first-order valence-corrected chi connectivity index (χ1v) is 7.28. The normalized spacial score (nSPS) is 15.5. The summed E-state index contributed by atoms with van der Waals surface area (Å²) in [6.07, 6.45) is 1.41. The Morgan fingerprint density at radius 1 is 1.24 bits per heavy atom. The van der Waals surface area contributed by atoms with E-state index in [1.165, 1.54) is 30.5 Å². The van der Waals surface area contributed by atoms with Gasteiger partial charge in [-0.15, -0.1) is 0 Å². The Labute approximate surface area is 119 Å². The van der Waals surface area contributed by atoms with Crippen molar-refractivity contribution in [3.8, 4) is 5.75 Å². The van der Waals surface area contributed by atoms with Crippen LogP contribution in [-0.2, 0) is 14.8 Å². The molecule has 0 spiro atoms. The van der Waals surface area contributed by atoms with Crippen molar-refractivity contribution in [1.29, 1.82) is 0 Å². The van der Waals surface area contributed by atoms with Crippen LogP contribution in [0, 0.1) is 0 Å². The van der Waals surface area contributed by atoms with Gasteiger partial charge in [-0.25, -0.2) is 17.5 Å². The standard InChI is InChI=1S/C12H9N3O5S/c16-8-3-4-9(7-2-1-5-13-11(7)8)21(19,20)15-6-10(17)14-12(15)18/h1-5,16H,6H2,(H,14,17,18). The topological polar surface area (TPSA) is 117 Å². The predicted octanol–water partition coefficient (Wildman–Crippen LogP) is 0.181. The molecular weight excluding hydrogens is 298 g/mol. The summed E-state index contributed by atoms with van der Waals surface area (Å²) in [4.78, 5) is 26.4. The summed E-state index contributed by atoms with van der Waals surface area (Å²) in [5.41, 5.74) is 0.101. The van der Waals surface area contributed by atoms with Crippen LogP contribution in [-0.4, -0.2) is 41.3 Å². The molecule has 3 rings (SSSR count). The number of phenolic OH excluding ortho intramolecular Hbond substituents is 1. The average Bonchev–Trinajstić information content (AvgIpc) is 2.79. The highest BCUT2D eigenvalue weighted by atomic mass is 32.2. The number of nitrogens with zero attached hydrogens (tertiary/aromatic N) is 2. The van der Waals surface area contributed by atoms with E-state index in [1.807, 2.05) is 5.32 Å². The highest BCUT2D eigenvalue weighted by Gasteiger charge is 2.38. The van der Waals surface area contributed by atoms with Crippen LogP contribution in [0.5, 0.6) is 5.75 Å². The van der Waals surface area contributed by atoms with Gasteiger partial charge in [0.15, 0.2) is 0 Å². The molecule has 1 aliphatic rings. The lowest BCUT2D eigenvalue weighted by Gasteiger charge is -2.15. The lowest BCUT2D eigenvalue weighted by atomic mass is 10.2. The van der Waals surface area contributed by atoms with E-state index < -0.39 is 28.5 Å². The molecule has 9 heteroatoms. The molecule has 0 unspecified atom stereocenters. The molecule has 1 saturated heterocycles. The van der Waals surface area contributed by atoms with E-state index in [0.717, 1.165) is 0 Å². The van der Waals surface area contributed by atoms with Crippen molar-refractivity contribution in [2.24, 2.45) is 0 Å². The molecule has 8 nitrogen and oxygen atoms in total. The molecular formula is C12H9N3O5S. The van der Waals surface area contributed by atoms with E-state index >= 15 is 0 Å². The van der Waals surface area contributed by atoms with Gasteiger partial charge in [-0.05, 0) is 24.3 Å². The van der Waals surface area contributed by atoms with Crippen LogP contribution in [0.2, 0.25) is 0 Å². The van der Waals surface area contributed by atoms with E-state index in [-0.39, 0.29) is 21.5 Å². The Bertz CT molecular complexity index is 878. The molecule has 0 saturated carbocycles. The lowest BCUT2D eigenvalue weighted by molar-refractivity contribution is -0.118. The Morgan fingerprint density at radius 2 is 2.00 bits per heavy atom. The molecule has 0 atom stereocenters. The Kier molecular flexibility index (Phi) is 2.80. The molecule has 0 aliphatic carbocycles. The van der Waals surface area contributed by atoms with E-state index in [9.17, 15) is 23.1 Å². The summed E-state index contributed by atoms with van der Waals surface area (Å²) in [6, 6.07) is 4.33. The van der Waals surface area contributed by atoms with Crippen LogP contribution in [0.4, 0.5) is 4.79 Å². The molecule has 108 valence electrons. The Hall–Kier alpha value is -2.68. The molecule has 1 aromatic heterocycles. The fourth-order valence-corrected chi connectivity index (χ4v) is 3.56. The second-order valence-corrected chi connectivity index (χ2v) is 6.18. The minimum atomic E-state index is -4.21. The number of benzene rings is 1. The maximum absolute atomic E-state index is 12.5. The third-order valence-electron chi connectivity index (χ3n) is 3.04. The number of urea groups is 1. The molecule has 0 bridgehead atoms. The summed E-state index contributed by atoms with van der Waals surface area (Å²) in [7, 11) is -4.21. The number of amides is 3. The van der Waals surface area contributed by atoms with Crippen molar-refractivity contribution in [3.63, 3.8) is 0 Å². The zero-order valence-electron chi connectivity index (χ0n) is 10.5. The number of aromatic nitrogens is 1. The van der Waals surface area contributed by atoms with Crippen molar-refractivity contribution >= 4 is 32.9 Å². The number of carbonyl (C=O) groups is 2. The first-order chi connectivity index (χ1) is 9.91. The average molecular weight is 307 g/mol. The van der Waals surface area contributed by atoms with E-state index in [4.69, 9.17) is 0 Å². The number of sulfonamides is 1. The zero-order valence-corrected chi connectivity index (χ0v) is 11.3. The first-order valence-electron chi connectivity index (χ1n) is 5.84. The molecule has 3 amide bonds. The lowest BCUT2D eigenvalue weighted by Crippen LogP contribution is -2.34. The Morgan fingerprint density at radius 3 is 2.67 bits per heavy atom. The number of nitrogens with one attached hydrogen (secondary N) is 1. The van der Waals surface area contributed by atoms with Crippen LogP contribution in [0.25, 0.3) is 10.9 Å². The molecule has 1 aliphatic heterocycles. The summed E-state index contributed by atoms with van der Waals surface area (Å²) in [5.74, 6) is -0.865. The molecule has 21 heavy (non-hydrogen) atoms. The first kappa shape index (κ1) is 13.3. The third-order valence-corrected chi connectivity index (χ3v) is 4.82. The van der Waals surface area contributed by atoms with Crippen molar-refractivity contribution in [3.05, 3.63) is 30.5 Å². The van der Waals surface area contributed by atoms with Gasteiger partial charge in [0.05, 0.1) is 4.90 Å². The fraction of sp³-hybridized carbons (Fsp3) is 0.0833. The highest BCUT2D eigenvalue weighted by molar-refractivity contribution is 7.90. The SMILES string of the molecule is O=C1CN(S(=O)(=O)c2ccc(O)c3ncccc23)C(=O)N1. The number of carbonyl (C=O) groups excluding carboxylic acids is 2. The summed E-state index contributed by atoms with van der Waals surface area (Å²) in [5, 5.41) is 11.8. The third kappa shape index (κ3) is 1.98. The van der Waals surface area contributed by atoms with Crippen molar-refractivity contribution in [2.45, 2.75) is 4.90 Å². The van der Waals surface area contributed by atoms with Crippen LogP contribution in [0.1, 0.15) is 0 Å². The van der Waals surface area contributed by atoms with E-state index in [2.05, 4.69) is 4.98 Å². The van der Waals surface area contributed by atoms with Gasteiger partial charge in [-0.2, -0.15) is 0 Å². The number of rotatable bonds is 2. The molecule has 0 radical (unpaired) electrons. The maximum Gasteiger partial charge on any atom is 0.338 e. The van der Waals surface area contributed by atoms with E-state index in [0.29, 0.717) is 4.31 Å². The minimum Gasteiger partial charge on any atom is -0.506 e. The number of imide groups is 1. The molecule has 1 aromatic carbocycles. The van der Waals surface area contributed by atoms with E-state index in [1.54, 1.807) is 0 Å². The van der Waals surface area contributed by atoms with Crippen LogP contribution in [0.15, 0.2) is 35.4 Å². The summed E-state index contributed by atoms with van der Waals surface area (Å²) < 4.78 is 25.5. The zero-order chi connectivity index (χ0) is 15.2. The number of phenols is 1. The van der Waals surface area contributed by atoms with Crippen LogP contribution < -0.4 is 5.32 Å². The van der Waals surface area contributed by atoms with Gasteiger partial charge in [0.1, 0.15) is 17.8 Å². The van der Waals surface area contributed by atoms with Gasteiger partial charge in [0, 0.05) is 11.6 Å². The quantitative estimate of drug-likeness (QED) is 0.764. The number of hydrogen-bond acceptors (Lipinski definition) is 6. The van der Waals surface area contributed by atoms with Crippen molar-refractivity contribution in [1.82, 2.24) is 14.6 Å². The summed E-state index contributed by atoms with van der Waals surface area (Å²) >= 11 is 0. The predicted molar refractivity (Wildman–Crippen MR) is 70.8 cm³/mol. The van der Waals surface area contributed by atoms with Gasteiger partial charge < -0.3 is 5.11 Å². The van der Waals surface area contributed by atoms with Crippen molar-refractivity contribution < 1.29 is 23.1 Å². The van der Waals surface area contributed by atoms with Gasteiger partial charge in [0.2, 0.25) is 5.91 Å². The highest BCUT2D eigenvalue weighted by Crippen LogP contribution is 2.30. The monoisotopic (exact) mass is 307 g/mol. The van der Waals surface area contributed by atoms with Gasteiger partial charge in [0.25, 0.3) is 10.0 Å². The fourth-order valence-electron chi connectivity index (χ4n) is 2.09. The second-order valence-electron chi connectivity index (χ2n) is 4.35. The molecule has 1 fully saturated rings. The number of pyridine rings is 1. The number of fused-ring (bicyclic) bond motifs is 1. The summed E-state index contributed by atoms with van der Waals surface area (Å²) in [6.45, 7) is -0.566. The van der Waals surface area contributed by atoms with Gasteiger partial charge in [-0.1, -0.05) is 0 Å². The largest absolute Gasteiger partial charge is 0.506 e. The number of hydrogen-bond donors (Lipinski definition) is 2. The Balaban J connectivity index is 2.23. The van der Waals surface area contributed by atoms with Crippen LogP contribution in [0.3, 0.4) is 0 Å². The molecule has 2 aromatic rings. The van der Waals surface area contributed by atoms with Crippen molar-refractivity contribution in [2.75, 3.05) is 6.54 Å². The minimum absolute atomic E-state index is 0.101. The smallest absolute Gasteiger partial charge is 0.338 e. The maximum atomic E-state index is 12.5. The second kappa shape index (κ2) is 4.42. The van der Waals surface area contributed by atoms with Gasteiger partial charge >= 0.3 is 6.03 Å². The van der Waals surface area contributed by atoms with Crippen LogP contribution >= 0.6 is 0 Å². The molecule has 2 N–H and O–H groups in total. The van der Waals surface area contributed by atoms with Gasteiger partial charge in [-0.3, -0.25) is 15.1 Å².